The van der Waals surface area contributed by atoms with Gasteiger partial charge >= 0.3 is 0 Å². The molecule has 0 N–H and O–H groups in total. The molecule has 0 aliphatic carbocycles. The number of hydrazine groups is 1. The van der Waals surface area contributed by atoms with Gasteiger partial charge in [-0.05, 0) is 12.3 Å². The molecular formula is C6H11N2O+. The zero-order valence-corrected chi connectivity index (χ0v) is 5.42. The van der Waals surface area contributed by atoms with Crippen molar-refractivity contribution in [2.75, 3.05) is 19.6 Å². The minimum atomic E-state index is 0.727. The number of hydrogen-bond donors (Lipinski definition) is 0. The van der Waals surface area contributed by atoms with E-state index in [0.29, 0.717) is 0 Å². The zero-order valence-electron chi connectivity index (χ0n) is 5.42. The van der Waals surface area contributed by atoms with Crippen molar-refractivity contribution in [2.24, 2.45) is 5.92 Å². The standard InChI is InChI=1S/C6H11N2O/c9-8-4-2-6-1-3-7(8)5-6/h6H,1-5H2/q+1. The van der Waals surface area contributed by atoms with Gasteiger partial charge in [0, 0.05) is 6.42 Å². The van der Waals surface area contributed by atoms with Crippen LogP contribution in [0.4, 0.5) is 0 Å². The van der Waals surface area contributed by atoms with Crippen molar-refractivity contribution >= 4 is 0 Å². The number of hydrogen-bond acceptors (Lipinski definition) is 1. The fourth-order valence-corrected chi connectivity index (χ4v) is 1.68. The first-order valence-electron chi connectivity index (χ1n) is 3.56. The van der Waals surface area contributed by atoms with E-state index in [4.69, 9.17) is 0 Å². The minimum absolute atomic E-state index is 0.727. The van der Waals surface area contributed by atoms with Crippen molar-refractivity contribution in [3.05, 3.63) is 4.91 Å². The Kier molecular flexibility index (Phi) is 0.976. The Hall–Kier alpha value is -0.600. The first-order chi connectivity index (χ1) is 4.36. The molecule has 0 saturated carbocycles. The van der Waals surface area contributed by atoms with E-state index in [9.17, 15) is 4.91 Å². The number of nitroso groups, excluding NO2 is 1. The van der Waals surface area contributed by atoms with Gasteiger partial charge in [-0.25, -0.2) is 0 Å². The highest BCUT2D eigenvalue weighted by Crippen LogP contribution is 2.23. The van der Waals surface area contributed by atoms with Crippen LogP contribution in [0.5, 0.6) is 0 Å². The molecule has 0 spiro atoms. The maximum atomic E-state index is 10.9. The summed E-state index contributed by atoms with van der Waals surface area (Å²) >= 11 is 0. The second-order valence-electron chi connectivity index (χ2n) is 2.93. The van der Waals surface area contributed by atoms with Gasteiger partial charge in [0.25, 0.3) is 0 Å². The average Bonchev–Trinajstić information content (AvgIpc) is 2.25. The van der Waals surface area contributed by atoms with Crippen molar-refractivity contribution in [1.29, 1.82) is 0 Å². The van der Waals surface area contributed by atoms with E-state index in [-0.39, 0.29) is 0 Å². The van der Waals surface area contributed by atoms with Gasteiger partial charge in [0.15, 0.2) is 0 Å². The number of nitrogens with zero attached hydrogens (tertiary/aromatic N) is 2. The Morgan fingerprint density at radius 3 is 3.11 bits per heavy atom. The molecule has 0 aromatic carbocycles. The summed E-state index contributed by atoms with van der Waals surface area (Å²) in [5.41, 5.74) is 0. The molecule has 1 atom stereocenters. The summed E-state index contributed by atoms with van der Waals surface area (Å²) in [6.45, 7) is 2.74. The predicted molar refractivity (Wildman–Crippen MR) is 32.8 cm³/mol. The fraction of sp³-hybridized carbons (Fsp3) is 1.00. The van der Waals surface area contributed by atoms with Crippen molar-refractivity contribution in [3.8, 4) is 0 Å². The predicted octanol–water partition coefficient (Wildman–Crippen LogP) is 0.406. The third kappa shape index (κ3) is 0.713. The Bertz CT molecular complexity index is 146. The van der Waals surface area contributed by atoms with Gasteiger partial charge in [-0.2, -0.15) is 0 Å². The van der Waals surface area contributed by atoms with Gasteiger partial charge < -0.3 is 0 Å². The van der Waals surface area contributed by atoms with Gasteiger partial charge in [-0.15, -0.1) is 5.01 Å². The van der Waals surface area contributed by atoms with Crippen molar-refractivity contribution in [1.82, 2.24) is 5.01 Å². The van der Waals surface area contributed by atoms with Gasteiger partial charge in [0.1, 0.15) is 4.87 Å². The van der Waals surface area contributed by atoms with Crippen LogP contribution in [0.3, 0.4) is 0 Å². The lowest BCUT2D eigenvalue weighted by Crippen LogP contribution is -2.36. The fourth-order valence-electron chi connectivity index (χ4n) is 1.68. The first kappa shape index (κ1) is 5.21. The van der Waals surface area contributed by atoms with E-state index in [2.05, 4.69) is 0 Å². The van der Waals surface area contributed by atoms with Crippen LogP contribution in [0, 0.1) is 10.8 Å². The quantitative estimate of drug-likeness (QED) is 0.440. The van der Waals surface area contributed by atoms with Crippen LogP contribution < -0.4 is 0 Å². The molecule has 0 aromatic heterocycles. The molecule has 0 amide bonds. The molecule has 2 bridgehead atoms. The van der Waals surface area contributed by atoms with E-state index in [1.54, 1.807) is 0 Å². The summed E-state index contributed by atoms with van der Waals surface area (Å²) in [7, 11) is 0. The van der Waals surface area contributed by atoms with Crippen LogP contribution in [0.25, 0.3) is 0 Å². The van der Waals surface area contributed by atoms with Gasteiger partial charge in [0.2, 0.25) is 6.54 Å². The van der Waals surface area contributed by atoms with Crippen molar-refractivity contribution < 1.29 is 4.87 Å². The van der Waals surface area contributed by atoms with E-state index in [1.165, 1.54) is 6.42 Å². The summed E-state index contributed by atoms with van der Waals surface area (Å²) in [6.07, 6.45) is 2.35. The largest absolute Gasteiger partial charge is 0.225 e. The molecule has 1 unspecified atom stereocenters. The van der Waals surface area contributed by atoms with Crippen LogP contribution >= 0.6 is 0 Å². The van der Waals surface area contributed by atoms with E-state index < -0.39 is 0 Å². The van der Waals surface area contributed by atoms with E-state index in [1.807, 2.05) is 5.01 Å². The summed E-state index contributed by atoms with van der Waals surface area (Å²) in [5, 5.41) is 1.91. The smallest absolute Gasteiger partial charge is 0.141 e. The second-order valence-corrected chi connectivity index (χ2v) is 2.93. The maximum absolute atomic E-state index is 10.9. The molecule has 2 fully saturated rings. The molecule has 2 aliphatic heterocycles. The molecule has 0 aromatic rings. The lowest BCUT2D eigenvalue weighted by Gasteiger charge is -2.12. The highest BCUT2D eigenvalue weighted by Gasteiger charge is 2.37. The SMILES string of the molecule is O=[N+]1CCC2CCN1C2. The van der Waals surface area contributed by atoms with Crippen LogP contribution in [-0.4, -0.2) is 29.5 Å². The molecule has 2 rings (SSSR count). The number of rotatable bonds is 0. The monoisotopic (exact) mass is 127 g/mol. The van der Waals surface area contributed by atoms with Crippen LogP contribution in [-0.2, 0) is 0 Å². The summed E-state index contributed by atoms with van der Waals surface area (Å²) < 4.78 is 0. The summed E-state index contributed by atoms with van der Waals surface area (Å²) in [5.74, 6) is 0.829. The van der Waals surface area contributed by atoms with E-state index >= 15 is 0 Å². The topological polar surface area (TPSA) is 23.3 Å². The third-order valence-corrected chi connectivity index (χ3v) is 2.31. The van der Waals surface area contributed by atoms with Gasteiger partial charge in [-0.3, -0.25) is 0 Å². The third-order valence-electron chi connectivity index (χ3n) is 2.31. The summed E-state index contributed by atoms with van der Waals surface area (Å²) in [4.78, 5) is 12.0. The Balaban J connectivity index is 2.14. The lowest BCUT2D eigenvalue weighted by atomic mass is 10.1. The Morgan fingerprint density at radius 1 is 1.44 bits per heavy atom. The molecule has 3 heteroatoms. The highest BCUT2D eigenvalue weighted by atomic mass is 16.3. The normalized spacial score (nSPS) is 33.6. The minimum Gasteiger partial charge on any atom is -0.141 e. The lowest BCUT2D eigenvalue weighted by molar-refractivity contribution is -0.711. The summed E-state index contributed by atoms with van der Waals surface area (Å²) in [6, 6.07) is 0. The molecule has 2 saturated heterocycles. The molecule has 2 heterocycles. The number of fused-ring (bicyclic) bond motifs is 2. The van der Waals surface area contributed by atoms with Crippen LogP contribution in [0.2, 0.25) is 0 Å². The second kappa shape index (κ2) is 1.69. The average molecular weight is 127 g/mol. The first-order valence-corrected chi connectivity index (χ1v) is 3.56. The van der Waals surface area contributed by atoms with Gasteiger partial charge in [0.05, 0.1) is 18.0 Å². The van der Waals surface area contributed by atoms with Crippen LogP contribution in [0.1, 0.15) is 12.8 Å². The molecule has 0 radical (unpaired) electrons. The molecular weight excluding hydrogens is 116 g/mol. The van der Waals surface area contributed by atoms with Crippen molar-refractivity contribution in [2.45, 2.75) is 12.8 Å². The molecule has 3 nitrogen and oxygen atoms in total. The van der Waals surface area contributed by atoms with Crippen LogP contribution in [0.15, 0.2) is 0 Å². The highest BCUT2D eigenvalue weighted by molar-refractivity contribution is 4.72. The van der Waals surface area contributed by atoms with E-state index in [0.717, 1.165) is 36.8 Å². The Labute approximate surface area is 54.2 Å². The molecule has 9 heavy (non-hydrogen) atoms. The molecule has 2 aliphatic rings. The van der Waals surface area contributed by atoms with Gasteiger partial charge in [-0.1, -0.05) is 0 Å². The molecule has 50 valence electrons. The Morgan fingerprint density at radius 2 is 2.33 bits per heavy atom. The van der Waals surface area contributed by atoms with Crippen molar-refractivity contribution in [3.63, 3.8) is 0 Å². The maximum Gasteiger partial charge on any atom is 0.225 e. The zero-order chi connectivity index (χ0) is 6.27.